The second-order valence-electron chi connectivity index (χ2n) is 5.35. The zero-order valence-electron chi connectivity index (χ0n) is 14.4. The van der Waals surface area contributed by atoms with Crippen LogP contribution in [0.2, 0.25) is 0 Å². The Bertz CT molecular complexity index is 631. The maximum absolute atomic E-state index is 12.8. The molecule has 1 aromatic heterocycles. The lowest BCUT2D eigenvalue weighted by atomic mass is 10.00. The normalized spacial score (nSPS) is 11.7. The molecule has 1 amide bonds. The number of carbonyl (C=O) groups is 3. The summed E-state index contributed by atoms with van der Waals surface area (Å²) in [6.45, 7) is 12.4. The molecular formula is C17H24N2O4. The van der Waals surface area contributed by atoms with Crippen LogP contribution >= 0.6 is 0 Å². The van der Waals surface area contributed by atoms with E-state index in [1.807, 2.05) is 0 Å². The number of aryl methyl sites for hydroxylation is 1. The predicted octanol–water partition coefficient (Wildman–Crippen LogP) is 2.41. The molecule has 0 aliphatic carbocycles. The largest absolute Gasteiger partial charge is 0.461 e. The van der Waals surface area contributed by atoms with E-state index >= 15 is 0 Å². The lowest BCUT2D eigenvalue weighted by Crippen LogP contribution is -2.42. The summed E-state index contributed by atoms with van der Waals surface area (Å²) < 4.78 is 4.98. The van der Waals surface area contributed by atoms with E-state index in [4.69, 9.17) is 4.74 Å². The van der Waals surface area contributed by atoms with Crippen LogP contribution in [0.5, 0.6) is 0 Å². The highest BCUT2D eigenvalue weighted by atomic mass is 16.5. The topological polar surface area (TPSA) is 79.5 Å². The molecule has 0 fully saturated rings. The van der Waals surface area contributed by atoms with E-state index in [0.29, 0.717) is 16.8 Å². The van der Waals surface area contributed by atoms with Crippen LogP contribution in [0.4, 0.5) is 0 Å². The molecule has 0 aromatic carbocycles. The third-order valence-electron chi connectivity index (χ3n) is 3.74. The first-order valence-corrected chi connectivity index (χ1v) is 7.54. The monoisotopic (exact) mass is 320 g/mol. The summed E-state index contributed by atoms with van der Waals surface area (Å²) in [7, 11) is 0. The quantitative estimate of drug-likeness (QED) is 0.475. The van der Waals surface area contributed by atoms with Crippen molar-refractivity contribution in [2.24, 2.45) is 0 Å². The Morgan fingerprint density at radius 2 is 1.96 bits per heavy atom. The lowest BCUT2D eigenvalue weighted by molar-refractivity contribution is -0.129. The van der Waals surface area contributed by atoms with Crippen LogP contribution in [0.15, 0.2) is 12.7 Å². The third-order valence-corrected chi connectivity index (χ3v) is 3.74. The number of carbonyl (C=O) groups excluding carboxylic acids is 3. The third kappa shape index (κ3) is 3.88. The number of aromatic nitrogens is 1. The second-order valence-corrected chi connectivity index (χ2v) is 5.35. The summed E-state index contributed by atoms with van der Waals surface area (Å²) >= 11 is 0. The summed E-state index contributed by atoms with van der Waals surface area (Å²) in [6, 6.07) is -0.645. The van der Waals surface area contributed by atoms with Gasteiger partial charge in [-0.05, 0) is 33.3 Å². The van der Waals surface area contributed by atoms with E-state index in [-0.39, 0.29) is 30.5 Å². The number of aromatic amines is 1. The predicted molar refractivity (Wildman–Crippen MR) is 87.6 cm³/mol. The Morgan fingerprint density at radius 3 is 2.43 bits per heavy atom. The number of hydrogen-bond donors (Lipinski definition) is 1. The molecule has 6 heteroatoms. The van der Waals surface area contributed by atoms with Crippen molar-refractivity contribution in [1.29, 1.82) is 0 Å². The first kappa shape index (κ1) is 18.7. The maximum atomic E-state index is 12.8. The van der Waals surface area contributed by atoms with Crippen molar-refractivity contribution in [1.82, 2.24) is 9.88 Å². The van der Waals surface area contributed by atoms with Crippen LogP contribution in [0, 0.1) is 13.8 Å². The SMILES string of the molecule is C=CCN(C(C)=O)[C@@H](C)C(=O)c1c(C)[nH]c(C(=O)OCC)c1C. The van der Waals surface area contributed by atoms with Crippen LogP contribution in [0.3, 0.4) is 0 Å². The zero-order valence-corrected chi connectivity index (χ0v) is 14.4. The molecule has 0 aliphatic heterocycles. The lowest BCUT2D eigenvalue weighted by Gasteiger charge is -2.26. The number of amides is 1. The standard InChI is InChI=1S/C17H24N2O4/c1-7-9-19(13(6)20)12(5)16(21)14-10(3)15(18-11(14)4)17(22)23-8-2/h7,12,18H,1,8-9H2,2-6H3/t12-/m0/s1. The van der Waals surface area contributed by atoms with Crippen LogP contribution in [0.25, 0.3) is 0 Å². The van der Waals surface area contributed by atoms with Crippen LogP contribution < -0.4 is 0 Å². The smallest absolute Gasteiger partial charge is 0.355 e. The van der Waals surface area contributed by atoms with Crippen LogP contribution in [-0.2, 0) is 9.53 Å². The molecule has 0 spiro atoms. The number of rotatable bonds is 7. The number of H-pyrrole nitrogens is 1. The van der Waals surface area contributed by atoms with Crippen molar-refractivity contribution < 1.29 is 19.1 Å². The number of esters is 1. The van der Waals surface area contributed by atoms with Gasteiger partial charge >= 0.3 is 5.97 Å². The van der Waals surface area contributed by atoms with Gasteiger partial charge in [0.05, 0.1) is 12.6 Å². The summed E-state index contributed by atoms with van der Waals surface area (Å²) in [5, 5.41) is 0. The van der Waals surface area contributed by atoms with Crippen LogP contribution in [-0.4, -0.2) is 46.7 Å². The second kappa shape index (κ2) is 7.76. The molecule has 1 rings (SSSR count). The number of ether oxygens (including phenoxy) is 1. The highest BCUT2D eigenvalue weighted by molar-refractivity contribution is 6.06. The summed E-state index contributed by atoms with van der Waals surface area (Å²) in [6.07, 6.45) is 1.58. The summed E-state index contributed by atoms with van der Waals surface area (Å²) in [5.74, 6) is -0.916. The molecule has 0 unspecified atom stereocenters. The Hall–Kier alpha value is -2.37. The first-order valence-electron chi connectivity index (χ1n) is 7.54. The molecular weight excluding hydrogens is 296 g/mol. The Kier molecular flexibility index (Phi) is 6.30. The van der Waals surface area contributed by atoms with Gasteiger partial charge in [-0.3, -0.25) is 9.59 Å². The molecule has 23 heavy (non-hydrogen) atoms. The van der Waals surface area contributed by atoms with Crippen molar-refractivity contribution in [2.75, 3.05) is 13.2 Å². The van der Waals surface area contributed by atoms with E-state index < -0.39 is 12.0 Å². The van der Waals surface area contributed by atoms with Gasteiger partial charge in [-0.2, -0.15) is 0 Å². The van der Waals surface area contributed by atoms with E-state index in [1.165, 1.54) is 11.8 Å². The van der Waals surface area contributed by atoms with E-state index in [1.54, 1.807) is 33.8 Å². The highest BCUT2D eigenvalue weighted by Crippen LogP contribution is 2.22. The van der Waals surface area contributed by atoms with Crippen molar-refractivity contribution in [2.45, 2.75) is 40.7 Å². The fourth-order valence-corrected chi connectivity index (χ4v) is 2.58. The Morgan fingerprint density at radius 1 is 1.35 bits per heavy atom. The van der Waals surface area contributed by atoms with E-state index in [9.17, 15) is 14.4 Å². The molecule has 0 bridgehead atoms. The maximum Gasteiger partial charge on any atom is 0.355 e. The van der Waals surface area contributed by atoms with Gasteiger partial charge in [0.2, 0.25) is 5.91 Å². The van der Waals surface area contributed by atoms with Gasteiger partial charge in [0.15, 0.2) is 5.78 Å². The van der Waals surface area contributed by atoms with Gasteiger partial charge in [0.25, 0.3) is 0 Å². The fraction of sp³-hybridized carbons (Fsp3) is 0.471. The Labute approximate surface area is 136 Å². The molecule has 1 atom stereocenters. The number of nitrogens with one attached hydrogen (secondary N) is 1. The minimum absolute atomic E-state index is 0.206. The summed E-state index contributed by atoms with van der Waals surface area (Å²) in [4.78, 5) is 40.8. The highest BCUT2D eigenvalue weighted by Gasteiger charge is 2.29. The minimum Gasteiger partial charge on any atom is -0.461 e. The molecule has 1 aromatic rings. The molecule has 6 nitrogen and oxygen atoms in total. The van der Waals surface area contributed by atoms with Crippen molar-refractivity contribution in [3.05, 3.63) is 35.2 Å². The minimum atomic E-state index is -0.645. The Balaban J connectivity index is 3.20. The molecule has 126 valence electrons. The van der Waals surface area contributed by atoms with Crippen molar-refractivity contribution in [3.8, 4) is 0 Å². The van der Waals surface area contributed by atoms with Crippen LogP contribution in [0.1, 0.15) is 52.9 Å². The average Bonchev–Trinajstić information content (AvgIpc) is 2.78. The van der Waals surface area contributed by atoms with Gasteiger partial charge in [-0.25, -0.2) is 4.79 Å². The number of hydrogen-bond acceptors (Lipinski definition) is 4. The molecule has 0 aliphatic rings. The van der Waals surface area contributed by atoms with Gasteiger partial charge < -0.3 is 14.6 Å². The van der Waals surface area contributed by atoms with Gasteiger partial charge in [0.1, 0.15) is 5.69 Å². The van der Waals surface area contributed by atoms with Gasteiger partial charge in [0, 0.05) is 24.7 Å². The molecule has 0 saturated heterocycles. The van der Waals surface area contributed by atoms with E-state index in [2.05, 4.69) is 11.6 Å². The molecule has 1 N–H and O–H groups in total. The fourth-order valence-electron chi connectivity index (χ4n) is 2.58. The zero-order chi connectivity index (χ0) is 17.7. The molecule has 0 radical (unpaired) electrons. The van der Waals surface area contributed by atoms with Gasteiger partial charge in [-0.1, -0.05) is 6.08 Å². The summed E-state index contributed by atoms with van der Waals surface area (Å²) in [5.41, 5.74) is 1.83. The molecule has 0 saturated carbocycles. The first-order chi connectivity index (χ1) is 10.8. The number of nitrogens with zero attached hydrogens (tertiary/aromatic N) is 1. The van der Waals surface area contributed by atoms with Crippen molar-refractivity contribution in [3.63, 3.8) is 0 Å². The number of Topliss-reactive ketones (excluding diaryl/α,β-unsaturated/α-hetero) is 1. The molecule has 1 heterocycles. The van der Waals surface area contributed by atoms with Gasteiger partial charge in [-0.15, -0.1) is 6.58 Å². The number of ketones is 1. The van der Waals surface area contributed by atoms with E-state index in [0.717, 1.165) is 0 Å². The average molecular weight is 320 g/mol. The van der Waals surface area contributed by atoms with Crippen molar-refractivity contribution >= 4 is 17.7 Å².